The molecule has 5 nitrogen and oxygen atoms in total. The summed E-state index contributed by atoms with van der Waals surface area (Å²) in [7, 11) is 0. The molecule has 4 atom stereocenters. The first kappa shape index (κ1) is 25.4. The molecule has 1 saturated heterocycles. The monoisotopic (exact) mass is 446 g/mol. The van der Waals surface area contributed by atoms with Gasteiger partial charge < -0.3 is 0 Å². The molecule has 0 radical (unpaired) electrons. The first-order valence-electron chi connectivity index (χ1n) is 11.2. The highest BCUT2D eigenvalue weighted by Gasteiger charge is 2.45. The van der Waals surface area contributed by atoms with Crippen LogP contribution in [0.2, 0.25) is 0 Å². The molecule has 3 unspecified atom stereocenters. The van der Waals surface area contributed by atoms with Crippen molar-refractivity contribution in [3.63, 3.8) is 0 Å². The van der Waals surface area contributed by atoms with E-state index < -0.39 is 30.4 Å². The Morgan fingerprint density at radius 2 is 1.78 bits per heavy atom. The molecule has 1 heterocycles. The Morgan fingerprint density at radius 3 is 2.50 bits per heavy atom. The van der Waals surface area contributed by atoms with Crippen LogP contribution in [-0.4, -0.2) is 46.9 Å². The quantitative estimate of drug-likeness (QED) is 0.546. The van der Waals surface area contributed by atoms with Gasteiger partial charge in [-0.05, 0) is 41.7 Å². The van der Waals surface area contributed by atoms with E-state index in [1.54, 1.807) is 6.08 Å². The number of amides is 4. The number of imide groups is 2. The van der Waals surface area contributed by atoms with Gasteiger partial charge in [-0.15, -0.1) is 0 Å². The average Bonchev–Trinajstić information content (AvgIpc) is 3.49. The average molecular weight is 447 g/mol. The number of halogens is 2. The second kappa shape index (κ2) is 11.2. The van der Waals surface area contributed by atoms with Crippen LogP contribution >= 0.6 is 0 Å². The summed E-state index contributed by atoms with van der Waals surface area (Å²) >= 11 is 0. The smallest absolute Gasteiger partial charge is 0.274 e. The molecule has 0 N–H and O–H groups in total. The van der Waals surface area contributed by atoms with Crippen LogP contribution in [0.15, 0.2) is 59.8 Å². The molecule has 4 aliphatic rings. The molecule has 7 heteroatoms. The lowest BCUT2D eigenvalue weighted by molar-refractivity contribution is -0.142. The van der Waals surface area contributed by atoms with E-state index >= 15 is 0 Å². The van der Waals surface area contributed by atoms with Gasteiger partial charge in [0, 0.05) is 6.54 Å². The van der Waals surface area contributed by atoms with Crippen LogP contribution in [0.5, 0.6) is 0 Å². The molecule has 4 rings (SSSR count). The molecule has 0 aromatic rings. The number of rotatable bonds is 6. The van der Waals surface area contributed by atoms with Crippen molar-refractivity contribution < 1.29 is 23.5 Å². The van der Waals surface area contributed by atoms with Crippen LogP contribution in [0.25, 0.3) is 0 Å². The van der Waals surface area contributed by atoms with Crippen LogP contribution in [0.4, 0.5) is 13.9 Å². The number of hydrogen-bond donors (Lipinski definition) is 0. The van der Waals surface area contributed by atoms with Crippen LogP contribution in [0, 0.1) is 17.8 Å². The second-order valence-corrected chi connectivity index (χ2v) is 8.07. The molecule has 1 saturated carbocycles. The molecule has 0 aromatic heterocycles. The molecular formula is C25H32F2N2O3. The van der Waals surface area contributed by atoms with Crippen molar-refractivity contribution in [3.05, 3.63) is 59.8 Å². The number of hydrogen-bond acceptors (Lipinski definition) is 3. The van der Waals surface area contributed by atoms with Crippen molar-refractivity contribution in [2.75, 3.05) is 13.1 Å². The maximum atomic E-state index is 14.9. The van der Waals surface area contributed by atoms with E-state index in [1.807, 2.05) is 56.4 Å². The molecule has 0 spiro atoms. The molecule has 2 fully saturated rings. The number of alkyl halides is 1. The lowest BCUT2D eigenvalue weighted by atomic mass is 10.0. The Kier molecular flexibility index (Phi) is 8.87. The van der Waals surface area contributed by atoms with Crippen LogP contribution in [0.1, 0.15) is 40.0 Å². The minimum Gasteiger partial charge on any atom is -0.274 e. The van der Waals surface area contributed by atoms with E-state index in [4.69, 9.17) is 0 Å². The van der Waals surface area contributed by atoms with Crippen LogP contribution < -0.4 is 0 Å². The molecule has 32 heavy (non-hydrogen) atoms. The molecule has 1 aliphatic heterocycles. The number of fused-ring (bicyclic) bond motifs is 1. The number of carbonyl (C=O) groups is 3. The lowest BCUT2D eigenvalue weighted by Crippen LogP contribution is -2.56. The maximum Gasteiger partial charge on any atom is 0.333 e. The second-order valence-electron chi connectivity index (χ2n) is 8.07. The van der Waals surface area contributed by atoms with Gasteiger partial charge >= 0.3 is 6.03 Å². The summed E-state index contributed by atoms with van der Waals surface area (Å²) in [5.41, 5.74) is 1.51. The third kappa shape index (κ3) is 5.50. The van der Waals surface area contributed by atoms with E-state index in [2.05, 4.69) is 6.92 Å². The summed E-state index contributed by atoms with van der Waals surface area (Å²) in [5, 5.41) is 0. The van der Waals surface area contributed by atoms with Gasteiger partial charge in [0.1, 0.15) is 12.6 Å². The number of allylic oxidation sites excluding steroid dienone is 8. The summed E-state index contributed by atoms with van der Waals surface area (Å²) in [4.78, 5) is 39.3. The molecule has 3 aliphatic carbocycles. The van der Waals surface area contributed by atoms with Crippen molar-refractivity contribution in [3.8, 4) is 0 Å². The zero-order valence-electron chi connectivity index (χ0n) is 18.9. The van der Waals surface area contributed by atoms with Gasteiger partial charge in [-0.3, -0.25) is 24.1 Å². The van der Waals surface area contributed by atoms with Gasteiger partial charge in [-0.25, -0.2) is 9.18 Å². The van der Waals surface area contributed by atoms with Crippen molar-refractivity contribution in [2.24, 2.45) is 17.8 Å². The first-order chi connectivity index (χ1) is 15.0. The van der Waals surface area contributed by atoms with Crippen molar-refractivity contribution in [1.82, 2.24) is 9.80 Å². The van der Waals surface area contributed by atoms with E-state index in [0.29, 0.717) is 29.7 Å². The minimum absolute atomic E-state index is 0. The van der Waals surface area contributed by atoms with Crippen LogP contribution in [-0.2, 0) is 9.59 Å². The van der Waals surface area contributed by atoms with Crippen molar-refractivity contribution in [1.29, 1.82) is 0 Å². The summed E-state index contributed by atoms with van der Waals surface area (Å²) in [6.07, 6.45) is 15.0. The number of urea groups is 1. The predicted molar refractivity (Wildman–Crippen MR) is 121 cm³/mol. The maximum absolute atomic E-state index is 14.9. The van der Waals surface area contributed by atoms with Gasteiger partial charge in [0.15, 0.2) is 0 Å². The fourth-order valence-corrected chi connectivity index (χ4v) is 4.18. The van der Waals surface area contributed by atoms with Crippen LogP contribution in [0.3, 0.4) is 0 Å². The fourth-order valence-electron chi connectivity index (χ4n) is 4.18. The molecule has 0 bridgehead atoms. The summed E-state index contributed by atoms with van der Waals surface area (Å²) in [5.74, 6) is 0.207. The third-order valence-electron chi connectivity index (χ3n) is 6.16. The van der Waals surface area contributed by atoms with Gasteiger partial charge in [-0.1, -0.05) is 69.4 Å². The molecule has 4 amide bonds. The largest absolute Gasteiger partial charge is 0.333 e. The summed E-state index contributed by atoms with van der Waals surface area (Å²) in [6, 6.07) is -0.722. The Bertz CT molecular complexity index is 888. The topological polar surface area (TPSA) is 57.7 Å². The van der Waals surface area contributed by atoms with E-state index in [1.165, 1.54) is 0 Å². The minimum atomic E-state index is -1.44. The predicted octanol–water partition coefficient (Wildman–Crippen LogP) is 4.90. The lowest BCUT2D eigenvalue weighted by Gasteiger charge is -2.33. The van der Waals surface area contributed by atoms with Crippen molar-refractivity contribution in [2.45, 2.75) is 46.2 Å². The Labute approximate surface area is 188 Å². The summed E-state index contributed by atoms with van der Waals surface area (Å²) in [6.45, 7) is 5.95. The van der Waals surface area contributed by atoms with E-state index in [9.17, 15) is 18.8 Å². The highest BCUT2D eigenvalue weighted by atomic mass is 19.1. The number of carbonyl (C=O) groups excluding carboxylic acids is 3. The zero-order valence-corrected chi connectivity index (χ0v) is 18.9. The SMILES string of the molecule is CC.CC1C2C=CC([C@@H](F)CN3C(=O)CC(=O)N(CCC4=CC=CCC=C4)C3=O)=CC12.F. The normalized spacial score (nSPS) is 26.9. The number of barbiturate groups is 1. The summed E-state index contributed by atoms with van der Waals surface area (Å²) < 4.78 is 14.9. The highest BCUT2D eigenvalue weighted by molar-refractivity contribution is 6.14. The molecule has 0 aromatic carbocycles. The standard InChI is InChI=1S/C23H25FN2O3.C2H6.FH/c1-15-18-9-8-17(12-19(15)18)20(24)14-26-22(28)13-21(27)25(23(26)29)11-10-16-6-4-2-3-5-7-16;1-2;/h2,4-9,12,15,18-20H,3,10-11,13-14H2,1H3;1-2H3;1H/t15?,18?,19?,20-;;/m0../s1. The third-order valence-corrected chi connectivity index (χ3v) is 6.16. The van der Waals surface area contributed by atoms with E-state index in [0.717, 1.165) is 21.8 Å². The van der Waals surface area contributed by atoms with Crippen molar-refractivity contribution >= 4 is 17.8 Å². The van der Waals surface area contributed by atoms with Gasteiger partial charge in [-0.2, -0.15) is 0 Å². The Hall–Kier alpha value is -2.83. The molecular weight excluding hydrogens is 414 g/mol. The number of nitrogens with zero attached hydrogens (tertiary/aromatic N) is 2. The van der Waals surface area contributed by atoms with Gasteiger partial charge in [0.25, 0.3) is 0 Å². The Morgan fingerprint density at radius 1 is 1.06 bits per heavy atom. The molecule has 174 valence electrons. The van der Waals surface area contributed by atoms with E-state index in [-0.39, 0.29) is 17.8 Å². The first-order valence-corrected chi connectivity index (χ1v) is 11.2. The van der Waals surface area contributed by atoms with Gasteiger partial charge in [0.2, 0.25) is 11.8 Å². The highest BCUT2D eigenvalue weighted by Crippen LogP contribution is 2.51. The van der Waals surface area contributed by atoms with Gasteiger partial charge in [0.05, 0.1) is 6.54 Å². The Balaban J connectivity index is 0.00000118. The fraction of sp³-hybridized carbons (Fsp3) is 0.480. The zero-order chi connectivity index (χ0) is 22.5.